The number of carbonyl (C=O) groups excluding carboxylic acids is 1. The van der Waals surface area contributed by atoms with Gasteiger partial charge in [-0.3, -0.25) is 9.36 Å². The molecule has 6 heteroatoms. The lowest BCUT2D eigenvalue weighted by molar-refractivity contribution is -0.127. The van der Waals surface area contributed by atoms with E-state index in [0.29, 0.717) is 6.42 Å². The van der Waals surface area contributed by atoms with Crippen LogP contribution >= 0.6 is 11.5 Å². The van der Waals surface area contributed by atoms with Crippen molar-refractivity contribution < 1.29 is 4.79 Å². The van der Waals surface area contributed by atoms with E-state index < -0.39 is 0 Å². The summed E-state index contributed by atoms with van der Waals surface area (Å²) in [6.45, 7) is 0. The Morgan fingerprint density at radius 2 is 2.14 bits per heavy atom. The first-order valence-corrected chi connectivity index (χ1v) is 7.72. The molecule has 0 fully saturated rings. The largest absolute Gasteiger partial charge is 0.349 e. The van der Waals surface area contributed by atoms with Gasteiger partial charge in [0, 0.05) is 37.4 Å². The molecular formula is C16H16N4OS. The average molecular weight is 312 g/mol. The molecule has 0 saturated carbocycles. The van der Waals surface area contributed by atoms with Crippen LogP contribution in [0.15, 0.2) is 48.2 Å². The first-order chi connectivity index (χ1) is 10.7. The van der Waals surface area contributed by atoms with E-state index in [2.05, 4.69) is 9.36 Å². The van der Waals surface area contributed by atoms with E-state index in [1.54, 1.807) is 31.4 Å². The number of carbonyl (C=O) groups is 1. The third kappa shape index (κ3) is 2.78. The Balaban J connectivity index is 2.03. The minimum Gasteiger partial charge on any atom is -0.349 e. The fraction of sp³-hybridized carbons (Fsp3) is 0.188. The Bertz CT molecular complexity index is 777. The summed E-state index contributed by atoms with van der Waals surface area (Å²) >= 11 is 1.40. The van der Waals surface area contributed by atoms with E-state index in [-0.39, 0.29) is 5.91 Å². The molecule has 0 saturated heterocycles. The Kier molecular flexibility index (Phi) is 4.02. The van der Waals surface area contributed by atoms with Gasteiger partial charge in [-0.2, -0.15) is 0 Å². The van der Waals surface area contributed by atoms with Crippen LogP contribution in [0.4, 0.5) is 0 Å². The van der Waals surface area contributed by atoms with E-state index in [9.17, 15) is 4.79 Å². The molecular weight excluding hydrogens is 296 g/mol. The molecule has 1 aromatic carbocycles. The molecule has 2 heterocycles. The molecule has 1 amide bonds. The van der Waals surface area contributed by atoms with Crippen LogP contribution in [0.25, 0.3) is 17.1 Å². The number of benzene rings is 1. The maximum atomic E-state index is 12.0. The predicted octanol–water partition coefficient (Wildman–Crippen LogP) is 2.63. The van der Waals surface area contributed by atoms with E-state index in [1.807, 2.05) is 40.4 Å². The topological polar surface area (TPSA) is 51.0 Å². The van der Waals surface area contributed by atoms with Crippen molar-refractivity contribution in [2.75, 3.05) is 14.1 Å². The van der Waals surface area contributed by atoms with Crippen LogP contribution in [-0.4, -0.2) is 38.8 Å². The second-order valence-electron chi connectivity index (χ2n) is 5.13. The highest BCUT2D eigenvalue weighted by atomic mass is 32.1. The van der Waals surface area contributed by atoms with Crippen LogP contribution in [-0.2, 0) is 11.2 Å². The van der Waals surface area contributed by atoms with Gasteiger partial charge in [0.15, 0.2) is 0 Å². The van der Waals surface area contributed by atoms with E-state index in [1.165, 1.54) is 11.5 Å². The summed E-state index contributed by atoms with van der Waals surface area (Å²) in [5.74, 6) is 0.907. The fourth-order valence-electron chi connectivity index (χ4n) is 2.24. The van der Waals surface area contributed by atoms with Gasteiger partial charge < -0.3 is 4.90 Å². The first kappa shape index (κ1) is 14.5. The second-order valence-corrected chi connectivity index (χ2v) is 5.78. The van der Waals surface area contributed by atoms with Crippen molar-refractivity contribution in [3.05, 3.63) is 53.8 Å². The summed E-state index contributed by atoms with van der Waals surface area (Å²) in [4.78, 5) is 18.1. The molecule has 0 unspecified atom stereocenters. The molecule has 0 aliphatic rings. The number of rotatable bonds is 4. The van der Waals surface area contributed by atoms with Crippen LogP contribution in [0.1, 0.15) is 5.56 Å². The number of likely N-dealkylation sites (N-methyl/N-ethyl adjacent to an activating group) is 1. The maximum absolute atomic E-state index is 12.0. The van der Waals surface area contributed by atoms with Gasteiger partial charge in [0.1, 0.15) is 5.82 Å². The lowest BCUT2D eigenvalue weighted by atomic mass is 10.1. The maximum Gasteiger partial charge on any atom is 0.226 e. The molecule has 3 rings (SSSR count). The van der Waals surface area contributed by atoms with Gasteiger partial charge in [-0.25, -0.2) is 9.36 Å². The number of para-hydroxylation sites is 1. The van der Waals surface area contributed by atoms with Gasteiger partial charge in [0.2, 0.25) is 5.91 Å². The molecule has 0 radical (unpaired) electrons. The van der Waals surface area contributed by atoms with Crippen LogP contribution < -0.4 is 0 Å². The molecule has 0 spiro atoms. The number of hydrogen-bond donors (Lipinski definition) is 0. The number of nitrogens with zero attached hydrogens (tertiary/aromatic N) is 4. The van der Waals surface area contributed by atoms with Crippen molar-refractivity contribution in [2.45, 2.75) is 6.42 Å². The van der Waals surface area contributed by atoms with Crippen molar-refractivity contribution in [1.82, 2.24) is 18.8 Å². The Morgan fingerprint density at radius 3 is 2.86 bits per heavy atom. The molecule has 0 aliphatic heterocycles. The summed E-state index contributed by atoms with van der Waals surface area (Å²) in [6, 6.07) is 7.90. The van der Waals surface area contributed by atoms with Gasteiger partial charge >= 0.3 is 0 Å². The molecule has 0 atom stereocenters. The highest BCUT2D eigenvalue weighted by Crippen LogP contribution is 2.24. The lowest BCUT2D eigenvalue weighted by Gasteiger charge is -2.15. The Labute approximate surface area is 133 Å². The quantitative estimate of drug-likeness (QED) is 0.744. The number of aromatic nitrogens is 3. The van der Waals surface area contributed by atoms with E-state index in [4.69, 9.17) is 0 Å². The van der Waals surface area contributed by atoms with Crippen molar-refractivity contribution >= 4 is 17.4 Å². The molecule has 2 aromatic heterocycles. The Morgan fingerprint density at radius 1 is 1.32 bits per heavy atom. The molecule has 0 aliphatic carbocycles. The molecule has 0 bridgehead atoms. The smallest absolute Gasteiger partial charge is 0.226 e. The van der Waals surface area contributed by atoms with Crippen LogP contribution in [0.2, 0.25) is 0 Å². The third-order valence-electron chi connectivity index (χ3n) is 3.42. The number of hydrogen-bond acceptors (Lipinski definition) is 4. The third-order valence-corrected chi connectivity index (χ3v) is 4.01. The predicted molar refractivity (Wildman–Crippen MR) is 87.1 cm³/mol. The Hall–Kier alpha value is -2.47. The van der Waals surface area contributed by atoms with Crippen molar-refractivity contribution in [3.8, 4) is 17.1 Å². The van der Waals surface area contributed by atoms with E-state index in [0.717, 1.165) is 22.6 Å². The minimum atomic E-state index is 0.0753. The minimum absolute atomic E-state index is 0.0753. The van der Waals surface area contributed by atoms with Gasteiger partial charge in [0.05, 0.1) is 18.3 Å². The zero-order chi connectivity index (χ0) is 15.5. The highest BCUT2D eigenvalue weighted by Gasteiger charge is 2.14. The standard InChI is InChI=1S/C16H16N4OS/c1-19(2)15(21)9-12-5-3-4-6-14(12)20-8-7-17-16(20)13-10-18-22-11-13/h3-8,10-11H,9H2,1-2H3. The van der Waals surface area contributed by atoms with Crippen molar-refractivity contribution in [2.24, 2.45) is 0 Å². The summed E-state index contributed by atoms with van der Waals surface area (Å²) in [7, 11) is 3.54. The lowest BCUT2D eigenvalue weighted by Crippen LogP contribution is -2.24. The monoisotopic (exact) mass is 312 g/mol. The SMILES string of the molecule is CN(C)C(=O)Cc1ccccc1-n1ccnc1-c1cnsc1. The molecule has 5 nitrogen and oxygen atoms in total. The van der Waals surface area contributed by atoms with Gasteiger partial charge in [-0.05, 0) is 23.2 Å². The number of imidazole rings is 1. The summed E-state index contributed by atoms with van der Waals surface area (Å²) < 4.78 is 6.14. The first-order valence-electron chi connectivity index (χ1n) is 6.88. The summed E-state index contributed by atoms with van der Waals surface area (Å²) in [5.41, 5.74) is 2.92. The van der Waals surface area contributed by atoms with Crippen LogP contribution in [0.5, 0.6) is 0 Å². The summed E-state index contributed by atoms with van der Waals surface area (Å²) in [6.07, 6.45) is 5.84. The zero-order valence-electron chi connectivity index (χ0n) is 12.4. The van der Waals surface area contributed by atoms with Crippen molar-refractivity contribution in [3.63, 3.8) is 0 Å². The molecule has 22 heavy (non-hydrogen) atoms. The molecule has 112 valence electrons. The average Bonchev–Trinajstić information content (AvgIpc) is 3.18. The molecule has 3 aromatic rings. The zero-order valence-corrected chi connectivity index (χ0v) is 13.2. The number of amides is 1. The molecule has 0 N–H and O–H groups in total. The van der Waals surface area contributed by atoms with Gasteiger partial charge in [-0.15, -0.1) is 0 Å². The summed E-state index contributed by atoms with van der Waals surface area (Å²) in [5, 5.41) is 1.96. The van der Waals surface area contributed by atoms with Crippen LogP contribution in [0.3, 0.4) is 0 Å². The normalized spacial score (nSPS) is 10.6. The highest BCUT2D eigenvalue weighted by molar-refractivity contribution is 7.03. The van der Waals surface area contributed by atoms with Gasteiger partial charge in [0.25, 0.3) is 0 Å². The van der Waals surface area contributed by atoms with E-state index >= 15 is 0 Å². The van der Waals surface area contributed by atoms with Gasteiger partial charge in [-0.1, -0.05) is 18.2 Å². The van der Waals surface area contributed by atoms with Crippen LogP contribution in [0, 0.1) is 0 Å². The second kappa shape index (κ2) is 6.11. The van der Waals surface area contributed by atoms with Crippen molar-refractivity contribution in [1.29, 1.82) is 0 Å². The fourth-order valence-corrected chi connectivity index (χ4v) is 2.76.